The molecule has 0 aliphatic heterocycles. The summed E-state index contributed by atoms with van der Waals surface area (Å²) in [6.45, 7) is 3.66. The van der Waals surface area contributed by atoms with Crippen molar-refractivity contribution in [2.24, 2.45) is 5.73 Å². The minimum atomic E-state index is -4.41. The fourth-order valence-corrected chi connectivity index (χ4v) is 12.4. The number of nitrogens with two attached hydrogens (primary N) is 1. The molecular formula is C83H150NO8P. The van der Waals surface area contributed by atoms with Gasteiger partial charge in [0.25, 0.3) is 0 Å². The third-order valence-electron chi connectivity index (χ3n) is 17.5. The average molecular weight is 1320 g/mol. The maximum absolute atomic E-state index is 12.8. The minimum Gasteiger partial charge on any atom is -0.462 e. The van der Waals surface area contributed by atoms with Gasteiger partial charge in [-0.05, 0) is 77.0 Å². The van der Waals surface area contributed by atoms with E-state index in [-0.39, 0.29) is 38.6 Å². The van der Waals surface area contributed by atoms with Crippen LogP contribution in [-0.4, -0.2) is 49.3 Å². The summed E-state index contributed by atoms with van der Waals surface area (Å²) in [4.78, 5) is 35.4. The highest BCUT2D eigenvalue weighted by Gasteiger charge is 2.26. The zero-order valence-corrected chi connectivity index (χ0v) is 61.9. The lowest BCUT2D eigenvalue weighted by Gasteiger charge is -2.19. The van der Waals surface area contributed by atoms with Crippen LogP contribution in [0.4, 0.5) is 0 Å². The van der Waals surface area contributed by atoms with Crippen LogP contribution in [-0.2, 0) is 32.7 Å². The highest BCUT2D eigenvalue weighted by atomic mass is 31.2. The van der Waals surface area contributed by atoms with E-state index < -0.39 is 26.5 Å². The largest absolute Gasteiger partial charge is 0.472 e. The number of phosphoric acid groups is 1. The fourth-order valence-electron chi connectivity index (χ4n) is 11.7. The summed E-state index contributed by atoms with van der Waals surface area (Å²) in [7, 11) is -4.41. The van der Waals surface area contributed by atoms with Crippen LogP contribution < -0.4 is 5.73 Å². The van der Waals surface area contributed by atoms with Crippen molar-refractivity contribution in [1.82, 2.24) is 0 Å². The number of esters is 2. The van der Waals surface area contributed by atoms with E-state index in [1.54, 1.807) is 0 Å². The van der Waals surface area contributed by atoms with Gasteiger partial charge in [-0.25, -0.2) is 4.57 Å². The lowest BCUT2D eigenvalue weighted by molar-refractivity contribution is -0.161. The number of rotatable bonds is 75. The molecule has 0 aromatic rings. The molecule has 0 aromatic carbocycles. The first-order valence-electron chi connectivity index (χ1n) is 39.7. The van der Waals surface area contributed by atoms with Crippen molar-refractivity contribution < 1.29 is 37.6 Å². The summed E-state index contributed by atoms with van der Waals surface area (Å²) in [5, 5.41) is 0. The summed E-state index contributed by atoms with van der Waals surface area (Å²) < 4.78 is 33.2. The summed E-state index contributed by atoms with van der Waals surface area (Å²) in [6, 6.07) is 0. The number of allylic oxidation sites excluding steroid dienone is 16. The van der Waals surface area contributed by atoms with Crippen molar-refractivity contribution in [3.8, 4) is 0 Å². The Balaban J connectivity index is 3.81. The molecule has 9 nitrogen and oxygen atoms in total. The molecule has 2 unspecified atom stereocenters. The van der Waals surface area contributed by atoms with Crippen molar-refractivity contribution in [2.75, 3.05) is 26.4 Å². The van der Waals surface area contributed by atoms with Crippen LogP contribution in [0.25, 0.3) is 0 Å². The normalized spacial score (nSPS) is 13.4. The van der Waals surface area contributed by atoms with Gasteiger partial charge in [0.1, 0.15) is 6.61 Å². The van der Waals surface area contributed by atoms with Gasteiger partial charge in [0, 0.05) is 19.4 Å². The van der Waals surface area contributed by atoms with Crippen LogP contribution in [0, 0.1) is 0 Å². The first-order valence-corrected chi connectivity index (χ1v) is 41.2. The average Bonchev–Trinajstić information content (AvgIpc) is 3.70. The van der Waals surface area contributed by atoms with E-state index in [4.69, 9.17) is 24.3 Å². The Morgan fingerprint density at radius 3 is 0.882 bits per heavy atom. The second-order valence-corrected chi connectivity index (χ2v) is 28.0. The van der Waals surface area contributed by atoms with Gasteiger partial charge < -0.3 is 20.1 Å². The molecule has 2 atom stereocenters. The molecule has 0 aliphatic rings. The van der Waals surface area contributed by atoms with Crippen molar-refractivity contribution in [3.63, 3.8) is 0 Å². The lowest BCUT2D eigenvalue weighted by atomic mass is 10.0. The number of hydrogen-bond donors (Lipinski definition) is 2. The highest BCUT2D eigenvalue weighted by Crippen LogP contribution is 2.43. The van der Waals surface area contributed by atoms with Gasteiger partial charge in [-0.3, -0.25) is 18.6 Å². The Morgan fingerprint density at radius 2 is 0.591 bits per heavy atom. The molecule has 0 saturated carbocycles. The standard InChI is InChI=1S/C83H150NO8P/c1-3-5-7-9-11-13-15-17-19-21-23-25-27-29-31-33-35-36-37-38-39-40-41-42-43-44-46-47-49-51-53-55-57-59-61-63-65-67-69-71-73-75-82(85)89-79-81(80-91-93(87,88)90-78-77-84)92-83(86)76-74-72-70-68-66-64-62-60-58-56-54-52-50-48-45-34-32-30-28-26-24-22-20-18-16-14-12-10-8-6-4-2/h6,8,12,14,18,20,24,26,30,32,45,48,52,54,58,60,81H,3-5,7,9-11,13,15-17,19,21-23,25,27-29,31,33-44,46-47,49-51,53,55-57,59,61-80,84H2,1-2H3,(H,87,88)/b8-6-,14-12-,20-18-,26-24-,32-30-,48-45-,54-52-,60-58-. The zero-order chi connectivity index (χ0) is 67.2. The maximum Gasteiger partial charge on any atom is 0.472 e. The van der Waals surface area contributed by atoms with Gasteiger partial charge in [0.15, 0.2) is 6.10 Å². The lowest BCUT2D eigenvalue weighted by Crippen LogP contribution is -2.29. The number of carbonyl (C=O) groups excluding carboxylic acids is 2. The summed E-state index contributed by atoms with van der Waals surface area (Å²) in [5.74, 6) is -0.835. The van der Waals surface area contributed by atoms with Gasteiger partial charge >= 0.3 is 19.8 Å². The first-order chi connectivity index (χ1) is 45.8. The van der Waals surface area contributed by atoms with E-state index in [0.717, 1.165) is 109 Å². The zero-order valence-electron chi connectivity index (χ0n) is 61.0. The molecule has 93 heavy (non-hydrogen) atoms. The van der Waals surface area contributed by atoms with Gasteiger partial charge in [-0.2, -0.15) is 0 Å². The van der Waals surface area contributed by atoms with Gasteiger partial charge in [0.2, 0.25) is 0 Å². The first kappa shape index (κ1) is 89.9. The monoisotopic (exact) mass is 1320 g/mol. The van der Waals surface area contributed by atoms with Gasteiger partial charge in [-0.15, -0.1) is 0 Å². The number of ether oxygens (including phenoxy) is 2. The predicted molar refractivity (Wildman–Crippen MR) is 404 cm³/mol. The molecule has 0 spiro atoms. The Kier molecular flexibility index (Phi) is 75.4. The van der Waals surface area contributed by atoms with Gasteiger partial charge in [-0.1, -0.05) is 394 Å². The topological polar surface area (TPSA) is 134 Å². The Labute approximate surface area is 576 Å². The van der Waals surface area contributed by atoms with Crippen LogP contribution in [0.15, 0.2) is 97.2 Å². The van der Waals surface area contributed by atoms with Crippen LogP contribution in [0.3, 0.4) is 0 Å². The van der Waals surface area contributed by atoms with Crippen LogP contribution in [0.5, 0.6) is 0 Å². The molecule has 540 valence electrons. The molecule has 10 heteroatoms. The molecular weight excluding hydrogens is 1170 g/mol. The van der Waals surface area contributed by atoms with E-state index in [0.29, 0.717) is 6.42 Å². The summed E-state index contributed by atoms with van der Waals surface area (Å²) in [5.41, 5.74) is 5.41. The minimum absolute atomic E-state index is 0.0476. The maximum atomic E-state index is 12.8. The van der Waals surface area contributed by atoms with E-state index in [2.05, 4.69) is 111 Å². The highest BCUT2D eigenvalue weighted by molar-refractivity contribution is 7.47. The number of carbonyl (C=O) groups is 2. The number of phosphoric ester groups is 1. The molecule has 0 fully saturated rings. The third kappa shape index (κ3) is 77.8. The number of hydrogen-bond acceptors (Lipinski definition) is 8. The Bertz CT molecular complexity index is 1850. The molecule has 0 bridgehead atoms. The molecule has 0 aliphatic carbocycles. The molecule has 3 N–H and O–H groups in total. The van der Waals surface area contributed by atoms with E-state index >= 15 is 0 Å². The van der Waals surface area contributed by atoms with Crippen LogP contribution in [0.1, 0.15) is 386 Å². The Morgan fingerprint density at radius 1 is 0.333 bits per heavy atom. The molecule has 0 amide bonds. The van der Waals surface area contributed by atoms with Crippen molar-refractivity contribution in [3.05, 3.63) is 97.2 Å². The molecule has 0 radical (unpaired) electrons. The molecule has 0 heterocycles. The van der Waals surface area contributed by atoms with Crippen molar-refractivity contribution in [1.29, 1.82) is 0 Å². The third-order valence-corrected chi connectivity index (χ3v) is 18.5. The van der Waals surface area contributed by atoms with Crippen molar-refractivity contribution in [2.45, 2.75) is 392 Å². The van der Waals surface area contributed by atoms with Crippen molar-refractivity contribution >= 4 is 19.8 Å². The predicted octanol–water partition coefficient (Wildman–Crippen LogP) is 26.6. The number of unbranched alkanes of at least 4 members (excludes halogenated alkanes) is 46. The quantitative estimate of drug-likeness (QED) is 0.0264. The second-order valence-electron chi connectivity index (χ2n) is 26.6. The van der Waals surface area contributed by atoms with E-state index in [1.807, 2.05) is 0 Å². The second kappa shape index (κ2) is 77.9. The summed E-state index contributed by atoms with van der Waals surface area (Å²) >= 11 is 0. The molecule has 0 rings (SSSR count). The summed E-state index contributed by atoms with van der Waals surface area (Å²) in [6.07, 6.45) is 107. The van der Waals surface area contributed by atoms with E-state index in [9.17, 15) is 19.0 Å². The molecule has 0 aromatic heterocycles. The van der Waals surface area contributed by atoms with Gasteiger partial charge in [0.05, 0.1) is 13.2 Å². The SMILES string of the molecule is CC/C=C\C/C=C\C/C=C\C/C=C\C/C=C\C/C=C\C/C=C\C/C=C\CCCCCCCCC(=O)OC(COC(=O)CCCCCCCCCCCCCCCCCCCCCCCCCCCCCCCCCCCCCCCCCCC)COP(=O)(O)OCCN. The van der Waals surface area contributed by atoms with Crippen LogP contribution >= 0.6 is 7.82 Å². The molecule has 0 saturated heterocycles. The van der Waals surface area contributed by atoms with Crippen LogP contribution in [0.2, 0.25) is 0 Å². The van der Waals surface area contributed by atoms with E-state index in [1.165, 1.54) is 244 Å². The smallest absolute Gasteiger partial charge is 0.462 e. The fraction of sp³-hybridized carbons (Fsp3) is 0.783. The Hall–Kier alpha value is -3.07.